The topological polar surface area (TPSA) is 84.9 Å². The van der Waals surface area contributed by atoms with Crippen LogP contribution in [0.4, 0.5) is 5.69 Å². The molecule has 0 bridgehead atoms. The number of methoxy groups -OCH3 is 2. The van der Waals surface area contributed by atoms with E-state index in [-0.39, 0.29) is 6.04 Å². The minimum absolute atomic E-state index is 0.358. The molecule has 0 aliphatic heterocycles. The third-order valence-corrected chi connectivity index (χ3v) is 5.62. The van der Waals surface area contributed by atoms with Gasteiger partial charge >= 0.3 is 0 Å². The number of carbonyl (C=O) groups is 1. The van der Waals surface area contributed by atoms with Gasteiger partial charge < -0.3 is 14.8 Å². The monoisotopic (exact) mass is 406 g/mol. The van der Waals surface area contributed by atoms with Crippen molar-refractivity contribution < 1.29 is 22.7 Å². The number of amides is 1. The van der Waals surface area contributed by atoms with E-state index in [0.717, 1.165) is 16.1 Å². The maximum atomic E-state index is 12.8. The number of anilines is 1. The lowest BCUT2D eigenvalue weighted by Crippen LogP contribution is -2.48. The lowest BCUT2D eigenvalue weighted by atomic mass is 10.1. The van der Waals surface area contributed by atoms with Gasteiger partial charge in [-0.1, -0.05) is 18.2 Å². The van der Waals surface area contributed by atoms with Crippen molar-refractivity contribution in [2.24, 2.45) is 0 Å². The number of para-hydroxylation sites is 1. The Hall–Kier alpha value is -2.74. The maximum absolute atomic E-state index is 12.8. The number of hydrogen-bond donors (Lipinski definition) is 1. The van der Waals surface area contributed by atoms with Crippen molar-refractivity contribution in [2.45, 2.75) is 25.9 Å². The van der Waals surface area contributed by atoms with E-state index < -0.39 is 22.0 Å². The summed E-state index contributed by atoms with van der Waals surface area (Å²) in [7, 11) is -0.601. The molecule has 0 unspecified atom stereocenters. The average Bonchev–Trinajstić information content (AvgIpc) is 2.67. The standard InChI is InChI=1S/C20H26N2O5S/c1-14(18-8-6-7-9-19(18)27-4)21-20(23)15(2)22(28(5,24)25)16-10-12-17(26-3)13-11-16/h6-15H,1-5H3,(H,21,23)/t14-,15-/m1/s1. The smallest absolute Gasteiger partial charge is 0.244 e. The molecule has 0 saturated heterocycles. The molecule has 0 fully saturated rings. The molecule has 2 rings (SSSR count). The Morgan fingerprint density at radius 1 is 1.00 bits per heavy atom. The Morgan fingerprint density at radius 2 is 1.61 bits per heavy atom. The summed E-state index contributed by atoms with van der Waals surface area (Å²) < 4.78 is 36.3. The Kier molecular flexibility index (Phi) is 6.90. The molecule has 1 N–H and O–H groups in total. The van der Waals surface area contributed by atoms with E-state index >= 15 is 0 Å². The van der Waals surface area contributed by atoms with Crippen LogP contribution in [0.25, 0.3) is 0 Å². The summed E-state index contributed by atoms with van der Waals surface area (Å²) in [5.41, 5.74) is 1.19. The second kappa shape index (κ2) is 8.97. The second-order valence-electron chi connectivity index (χ2n) is 6.41. The molecule has 2 aromatic rings. The van der Waals surface area contributed by atoms with Crippen molar-refractivity contribution in [3.8, 4) is 11.5 Å². The van der Waals surface area contributed by atoms with Gasteiger partial charge in [0.25, 0.3) is 0 Å². The Balaban J connectivity index is 2.26. The SMILES string of the molecule is COc1ccc(N([C@H](C)C(=O)N[C@H](C)c2ccccc2OC)S(C)(=O)=O)cc1. The van der Waals surface area contributed by atoms with Crippen molar-refractivity contribution in [1.29, 1.82) is 0 Å². The van der Waals surface area contributed by atoms with E-state index in [1.54, 1.807) is 38.3 Å². The molecule has 152 valence electrons. The van der Waals surface area contributed by atoms with E-state index in [0.29, 0.717) is 17.2 Å². The average molecular weight is 407 g/mol. The minimum Gasteiger partial charge on any atom is -0.497 e. The maximum Gasteiger partial charge on any atom is 0.244 e. The van der Waals surface area contributed by atoms with Crippen LogP contribution in [0.2, 0.25) is 0 Å². The summed E-state index contributed by atoms with van der Waals surface area (Å²) in [6, 6.07) is 12.6. The summed E-state index contributed by atoms with van der Waals surface area (Å²) in [5.74, 6) is 0.830. The quantitative estimate of drug-likeness (QED) is 0.729. The van der Waals surface area contributed by atoms with Crippen molar-refractivity contribution in [2.75, 3.05) is 24.8 Å². The predicted molar refractivity (Wildman–Crippen MR) is 109 cm³/mol. The van der Waals surface area contributed by atoms with Crippen LogP contribution in [0, 0.1) is 0 Å². The zero-order valence-electron chi connectivity index (χ0n) is 16.7. The van der Waals surface area contributed by atoms with Crippen LogP contribution in [-0.2, 0) is 14.8 Å². The van der Waals surface area contributed by atoms with Crippen LogP contribution in [0.3, 0.4) is 0 Å². The first-order valence-corrected chi connectivity index (χ1v) is 10.6. The van der Waals surface area contributed by atoms with E-state index in [1.807, 2.05) is 31.2 Å². The Labute approximate surface area is 166 Å². The molecular weight excluding hydrogens is 380 g/mol. The highest BCUT2D eigenvalue weighted by molar-refractivity contribution is 7.92. The van der Waals surface area contributed by atoms with Crippen molar-refractivity contribution in [1.82, 2.24) is 5.32 Å². The van der Waals surface area contributed by atoms with E-state index in [9.17, 15) is 13.2 Å². The van der Waals surface area contributed by atoms with Gasteiger partial charge in [-0.2, -0.15) is 0 Å². The molecule has 0 aliphatic carbocycles. The highest BCUT2D eigenvalue weighted by Crippen LogP contribution is 2.26. The minimum atomic E-state index is -3.69. The molecule has 0 saturated carbocycles. The van der Waals surface area contributed by atoms with E-state index in [1.165, 1.54) is 7.11 Å². The molecule has 2 atom stereocenters. The van der Waals surface area contributed by atoms with Crippen LogP contribution in [0.1, 0.15) is 25.5 Å². The van der Waals surface area contributed by atoms with Crippen LogP contribution in [0.5, 0.6) is 11.5 Å². The fourth-order valence-corrected chi connectivity index (χ4v) is 4.15. The second-order valence-corrected chi connectivity index (χ2v) is 8.26. The Bertz CT molecular complexity index is 912. The number of hydrogen-bond acceptors (Lipinski definition) is 5. The normalized spacial score (nSPS) is 13.3. The third-order valence-electron chi connectivity index (χ3n) is 4.38. The fraction of sp³-hybridized carbons (Fsp3) is 0.350. The number of rotatable bonds is 8. The van der Waals surface area contributed by atoms with Crippen molar-refractivity contribution in [3.05, 3.63) is 54.1 Å². The van der Waals surface area contributed by atoms with Gasteiger partial charge in [0.05, 0.1) is 32.2 Å². The van der Waals surface area contributed by atoms with Gasteiger partial charge in [0.2, 0.25) is 15.9 Å². The first-order valence-electron chi connectivity index (χ1n) is 8.75. The summed E-state index contributed by atoms with van der Waals surface area (Å²) in [4.78, 5) is 12.8. The number of benzene rings is 2. The molecule has 0 heterocycles. The number of sulfonamides is 1. The van der Waals surface area contributed by atoms with Gasteiger partial charge in [0.1, 0.15) is 17.5 Å². The van der Waals surface area contributed by atoms with E-state index in [2.05, 4.69) is 5.32 Å². The number of carbonyl (C=O) groups excluding carboxylic acids is 1. The highest BCUT2D eigenvalue weighted by atomic mass is 32.2. The molecule has 8 heteroatoms. The molecule has 0 spiro atoms. The molecule has 28 heavy (non-hydrogen) atoms. The van der Waals surface area contributed by atoms with E-state index in [4.69, 9.17) is 9.47 Å². The Morgan fingerprint density at radius 3 is 2.14 bits per heavy atom. The third kappa shape index (κ3) is 4.95. The largest absolute Gasteiger partial charge is 0.497 e. The first-order chi connectivity index (χ1) is 13.2. The first kappa shape index (κ1) is 21.6. The molecule has 0 aliphatic rings. The van der Waals surface area contributed by atoms with Crippen molar-refractivity contribution in [3.63, 3.8) is 0 Å². The lowest BCUT2D eigenvalue weighted by molar-refractivity contribution is -0.122. The summed E-state index contributed by atoms with van der Waals surface area (Å²) in [6.45, 7) is 3.37. The van der Waals surface area contributed by atoms with Gasteiger partial charge in [-0.05, 0) is 44.2 Å². The number of nitrogens with one attached hydrogen (secondary N) is 1. The number of ether oxygens (including phenoxy) is 2. The van der Waals surface area contributed by atoms with Crippen LogP contribution >= 0.6 is 0 Å². The van der Waals surface area contributed by atoms with Crippen LogP contribution in [-0.4, -0.2) is 40.8 Å². The molecule has 1 amide bonds. The molecule has 0 radical (unpaired) electrons. The summed E-state index contributed by atoms with van der Waals surface area (Å²) in [5, 5.41) is 2.87. The van der Waals surface area contributed by atoms with Gasteiger partial charge in [0.15, 0.2) is 0 Å². The van der Waals surface area contributed by atoms with Gasteiger partial charge in [-0.15, -0.1) is 0 Å². The van der Waals surface area contributed by atoms with Crippen LogP contribution < -0.4 is 19.1 Å². The van der Waals surface area contributed by atoms with Crippen LogP contribution in [0.15, 0.2) is 48.5 Å². The predicted octanol–water partition coefficient (Wildman–Crippen LogP) is 2.74. The molecular formula is C20H26N2O5S. The van der Waals surface area contributed by atoms with Crippen molar-refractivity contribution >= 4 is 21.6 Å². The molecule has 0 aromatic heterocycles. The highest BCUT2D eigenvalue weighted by Gasteiger charge is 2.30. The zero-order chi connectivity index (χ0) is 20.9. The fourth-order valence-electron chi connectivity index (χ4n) is 2.97. The van der Waals surface area contributed by atoms with Gasteiger partial charge in [-0.3, -0.25) is 9.10 Å². The summed E-state index contributed by atoms with van der Waals surface area (Å²) >= 11 is 0. The number of nitrogens with zero attached hydrogens (tertiary/aromatic N) is 1. The van der Waals surface area contributed by atoms with Gasteiger partial charge in [-0.25, -0.2) is 8.42 Å². The molecule has 7 nitrogen and oxygen atoms in total. The van der Waals surface area contributed by atoms with Gasteiger partial charge in [0, 0.05) is 5.56 Å². The zero-order valence-corrected chi connectivity index (χ0v) is 17.5. The molecule has 2 aromatic carbocycles. The lowest BCUT2D eigenvalue weighted by Gasteiger charge is -2.29. The summed E-state index contributed by atoms with van der Waals surface area (Å²) in [6.07, 6.45) is 1.07.